The first-order valence-corrected chi connectivity index (χ1v) is 7.97. The van der Waals surface area contributed by atoms with Crippen LogP contribution >= 0.6 is 15.9 Å². The van der Waals surface area contributed by atoms with E-state index in [0.29, 0.717) is 11.8 Å². The lowest BCUT2D eigenvalue weighted by Gasteiger charge is -2.17. The van der Waals surface area contributed by atoms with E-state index in [-0.39, 0.29) is 17.7 Å². The summed E-state index contributed by atoms with van der Waals surface area (Å²) >= 11 is 3.12. The number of hydrogen-bond donors (Lipinski definition) is 0. The first-order valence-electron chi connectivity index (χ1n) is 6.85. The van der Waals surface area contributed by atoms with Gasteiger partial charge >= 0.3 is 6.18 Å². The molecule has 2 nitrogen and oxygen atoms in total. The summed E-state index contributed by atoms with van der Waals surface area (Å²) in [6.45, 7) is 0.0405. The van der Waals surface area contributed by atoms with Gasteiger partial charge in [-0.1, -0.05) is 52.3 Å². The van der Waals surface area contributed by atoms with E-state index in [0.717, 1.165) is 11.6 Å². The van der Waals surface area contributed by atoms with Crippen molar-refractivity contribution in [3.8, 4) is 5.75 Å². The average Bonchev–Trinajstić information content (AvgIpc) is 2.54. The van der Waals surface area contributed by atoms with Crippen molar-refractivity contribution in [3.63, 3.8) is 0 Å². The van der Waals surface area contributed by atoms with Crippen molar-refractivity contribution in [1.29, 1.82) is 0 Å². The van der Waals surface area contributed by atoms with Gasteiger partial charge in [0.15, 0.2) is 0 Å². The van der Waals surface area contributed by atoms with Gasteiger partial charge in [0.25, 0.3) is 0 Å². The Bertz CT molecular complexity index is 657. The maximum atomic E-state index is 13.2. The Morgan fingerprint density at radius 1 is 1.13 bits per heavy atom. The van der Waals surface area contributed by atoms with E-state index < -0.39 is 17.7 Å². The summed E-state index contributed by atoms with van der Waals surface area (Å²) < 4.78 is 45.1. The molecule has 2 aromatic carbocycles. The van der Waals surface area contributed by atoms with Crippen molar-refractivity contribution in [1.82, 2.24) is 0 Å². The first kappa shape index (κ1) is 17.5. The molecule has 0 radical (unpaired) electrons. The first-order chi connectivity index (χ1) is 11.0. The van der Waals surface area contributed by atoms with Gasteiger partial charge in [-0.2, -0.15) is 13.2 Å². The van der Waals surface area contributed by atoms with Gasteiger partial charge in [0.2, 0.25) is 0 Å². The fourth-order valence-electron chi connectivity index (χ4n) is 2.06. The molecule has 23 heavy (non-hydrogen) atoms. The third-order valence-electron chi connectivity index (χ3n) is 3.30. The van der Waals surface area contributed by atoms with Crippen LogP contribution in [0.4, 0.5) is 13.2 Å². The number of aldehydes is 1. The molecule has 0 aliphatic carbocycles. The number of hydrogen-bond acceptors (Lipinski definition) is 2. The fraction of sp³-hybridized carbons (Fsp3) is 0.235. The minimum absolute atomic E-state index is 0.0405. The van der Waals surface area contributed by atoms with Crippen LogP contribution in [0.25, 0.3) is 0 Å². The van der Waals surface area contributed by atoms with E-state index in [4.69, 9.17) is 4.74 Å². The van der Waals surface area contributed by atoms with Crippen molar-refractivity contribution in [2.45, 2.75) is 18.7 Å². The molecule has 0 aliphatic heterocycles. The molecule has 0 bridgehead atoms. The molecule has 0 spiro atoms. The predicted octanol–water partition coefficient (Wildman–Crippen LogP) is 4.96. The van der Waals surface area contributed by atoms with Crippen molar-refractivity contribution in [3.05, 3.63) is 65.2 Å². The molecule has 0 saturated heterocycles. The quantitative estimate of drug-likeness (QED) is 0.517. The van der Waals surface area contributed by atoms with Crippen LogP contribution in [-0.4, -0.2) is 11.6 Å². The molecular weight excluding hydrogens is 373 g/mol. The highest BCUT2D eigenvalue weighted by Crippen LogP contribution is 2.38. The van der Waals surface area contributed by atoms with E-state index in [9.17, 15) is 18.0 Å². The molecule has 0 fully saturated rings. The van der Waals surface area contributed by atoms with E-state index in [1.165, 1.54) is 12.1 Å². The molecule has 2 aromatic rings. The van der Waals surface area contributed by atoms with E-state index in [2.05, 4.69) is 15.9 Å². The molecule has 122 valence electrons. The second kappa shape index (κ2) is 7.64. The Hall–Kier alpha value is -1.82. The minimum Gasteiger partial charge on any atom is -0.488 e. The highest BCUT2D eigenvalue weighted by atomic mass is 79.9. The van der Waals surface area contributed by atoms with Crippen molar-refractivity contribution in [2.75, 3.05) is 5.33 Å². The summed E-state index contributed by atoms with van der Waals surface area (Å²) in [5, 5.41) is 0.262. The van der Waals surface area contributed by atoms with Crippen molar-refractivity contribution >= 4 is 22.2 Å². The van der Waals surface area contributed by atoms with Crippen LogP contribution in [0, 0.1) is 0 Å². The Kier molecular flexibility index (Phi) is 5.82. The summed E-state index contributed by atoms with van der Waals surface area (Å²) in [4.78, 5) is 11.0. The Balaban J connectivity index is 2.29. The highest BCUT2D eigenvalue weighted by molar-refractivity contribution is 9.09. The maximum absolute atomic E-state index is 13.2. The molecule has 2 rings (SSSR count). The maximum Gasteiger partial charge on any atom is 0.419 e. The van der Waals surface area contributed by atoms with E-state index in [1.807, 2.05) is 6.07 Å². The van der Waals surface area contributed by atoms with Crippen molar-refractivity contribution in [2.24, 2.45) is 0 Å². The van der Waals surface area contributed by atoms with Gasteiger partial charge in [-0.25, -0.2) is 0 Å². The SMILES string of the molecule is O=CC(CBr)c1ccc(OCc2ccccc2)c(C(F)(F)F)c1. The number of halogens is 4. The van der Waals surface area contributed by atoms with Crippen molar-refractivity contribution < 1.29 is 22.7 Å². The van der Waals surface area contributed by atoms with Crippen LogP contribution in [-0.2, 0) is 17.6 Å². The molecule has 6 heteroatoms. The third-order valence-corrected chi connectivity index (χ3v) is 4.00. The molecule has 1 unspecified atom stereocenters. The second-order valence-corrected chi connectivity index (χ2v) is 5.57. The van der Waals surface area contributed by atoms with Crippen LogP contribution in [0.3, 0.4) is 0 Å². The number of rotatable bonds is 6. The summed E-state index contributed by atoms with van der Waals surface area (Å²) in [6.07, 6.45) is -3.93. The number of alkyl halides is 4. The molecule has 1 atom stereocenters. The molecule has 0 amide bonds. The van der Waals surface area contributed by atoms with Gasteiger partial charge in [-0.05, 0) is 23.3 Å². The van der Waals surface area contributed by atoms with Gasteiger partial charge in [0.05, 0.1) is 5.56 Å². The minimum atomic E-state index is -4.55. The molecule has 0 N–H and O–H groups in total. The summed E-state index contributed by atoms with van der Waals surface area (Å²) in [6, 6.07) is 12.7. The predicted molar refractivity (Wildman–Crippen MR) is 84.8 cm³/mol. The van der Waals surface area contributed by atoms with Gasteiger partial charge in [0.1, 0.15) is 18.6 Å². The van der Waals surface area contributed by atoms with Gasteiger partial charge in [-0.3, -0.25) is 0 Å². The highest BCUT2D eigenvalue weighted by Gasteiger charge is 2.35. The topological polar surface area (TPSA) is 26.3 Å². The fourth-order valence-corrected chi connectivity index (χ4v) is 2.59. The summed E-state index contributed by atoms with van der Waals surface area (Å²) in [5.74, 6) is -0.872. The van der Waals surface area contributed by atoms with Crippen LogP contribution in [0.2, 0.25) is 0 Å². The van der Waals surface area contributed by atoms with Gasteiger partial charge in [-0.15, -0.1) is 0 Å². The van der Waals surface area contributed by atoms with E-state index >= 15 is 0 Å². The van der Waals surface area contributed by atoms with Crippen LogP contribution < -0.4 is 4.74 Å². The molecule has 0 aliphatic rings. The number of benzene rings is 2. The zero-order valence-corrected chi connectivity index (χ0v) is 13.6. The van der Waals surface area contributed by atoms with Gasteiger partial charge < -0.3 is 9.53 Å². The molecular formula is C17H14BrF3O2. The lowest BCUT2D eigenvalue weighted by Crippen LogP contribution is -2.11. The largest absolute Gasteiger partial charge is 0.488 e. The summed E-state index contributed by atoms with van der Waals surface area (Å²) in [5.41, 5.74) is 0.200. The summed E-state index contributed by atoms with van der Waals surface area (Å²) in [7, 11) is 0. The monoisotopic (exact) mass is 386 g/mol. The smallest absolute Gasteiger partial charge is 0.419 e. The zero-order valence-electron chi connectivity index (χ0n) is 12.0. The normalized spacial score (nSPS) is 12.7. The van der Waals surface area contributed by atoms with Crippen LogP contribution in [0.1, 0.15) is 22.6 Å². The number of ether oxygens (including phenoxy) is 1. The van der Waals surface area contributed by atoms with E-state index in [1.54, 1.807) is 24.3 Å². The Morgan fingerprint density at radius 2 is 1.83 bits per heavy atom. The zero-order chi connectivity index (χ0) is 16.9. The molecule has 0 heterocycles. The number of carbonyl (C=O) groups is 1. The van der Waals surface area contributed by atoms with Crippen LogP contribution in [0.15, 0.2) is 48.5 Å². The average molecular weight is 387 g/mol. The molecule has 0 aromatic heterocycles. The Morgan fingerprint density at radius 3 is 2.39 bits per heavy atom. The lowest BCUT2D eigenvalue weighted by molar-refractivity contribution is -0.139. The second-order valence-electron chi connectivity index (χ2n) is 4.92. The standard InChI is InChI=1S/C17H14BrF3O2/c18-9-14(10-22)13-6-7-16(15(8-13)17(19,20)21)23-11-12-4-2-1-3-5-12/h1-8,10,14H,9,11H2. The lowest BCUT2D eigenvalue weighted by atomic mass is 9.99. The Labute approximate surface area is 140 Å². The van der Waals surface area contributed by atoms with Gasteiger partial charge in [0, 0.05) is 11.2 Å². The van der Waals surface area contributed by atoms with Crippen LogP contribution in [0.5, 0.6) is 5.75 Å². The third kappa shape index (κ3) is 4.58. The molecule has 0 saturated carbocycles. The number of carbonyl (C=O) groups excluding carboxylic acids is 1.